The van der Waals surface area contributed by atoms with E-state index in [0.29, 0.717) is 69.0 Å². The molecule has 0 aliphatic rings. The van der Waals surface area contributed by atoms with Gasteiger partial charge < -0.3 is 28.2 Å². The summed E-state index contributed by atoms with van der Waals surface area (Å²) in [5.74, 6) is 3.51. The van der Waals surface area contributed by atoms with Crippen LogP contribution in [0, 0.1) is 37.1 Å². The lowest BCUT2D eigenvalue weighted by Crippen LogP contribution is -2.37. The van der Waals surface area contributed by atoms with E-state index in [0.717, 1.165) is 0 Å². The topological polar surface area (TPSA) is 129 Å². The normalized spacial score (nSPS) is 14.2. The zero-order valence-electron chi connectivity index (χ0n) is 29.0. The second-order valence-corrected chi connectivity index (χ2v) is 20.2. The van der Waals surface area contributed by atoms with Crippen molar-refractivity contribution in [3.8, 4) is 23.4 Å². The third kappa shape index (κ3) is 8.31. The Kier molecular flexibility index (Phi) is 13.2. The zero-order chi connectivity index (χ0) is 33.6. The number of methoxy groups -OCH3 is 2. The van der Waals surface area contributed by atoms with E-state index in [1.54, 1.807) is 14.0 Å². The second-order valence-electron chi connectivity index (χ2n) is 13.1. The number of ether oxygens (including phenoxy) is 2. The lowest BCUT2D eigenvalue weighted by atomic mass is 9.99. The van der Waals surface area contributed by atoms with Crippen molar-refractivity contribution in [3.05, 3.63) is 28.4 Å². The van der Waals surface area contributed by atoms with Crippen molar-refractivity contribution in [2.45, 2.75) is 104 Å². The van der Waals surface area contributed by atoms with Crippen molar-refractivity contribution in [1.29, 1.82) is 5.26 Å². The van der Waals surface area contributed by atoms with Gasteiger partial charge in [0.1, 0.15) is 6.04 Å². The summed E-state index contributed by atoms with van der Waals surface area (Å²) in [5, 5.41) is 15.9. The second kappa shape index (κ2) is 15.5. The van der Waals surface area contributed by atoms with Gasteiger partial charge in [0.05, 0.1) is 19.8 Å². The Morgan fingerprint density at radius 3 is 1.98 bits per heavy atom. The Hall–Kier alpha value is -2.70. The maximum atomic E-state index is 13.4. The summed E-state index contributed by atoms with van der Waals surface area (Å²) in [6, 6.07) is -0.500. The smallest absolute Gasteiger partial charge is 0.338 e. The SMILES string of the molecule is COC(=O)c1c(C)c(OC)c(O[SiH](C)C(C)(C)C(C)C)c(O[SiH](C)C(C)(C)C(C)C)c1CSCC(NC#N)c1nc(C)no1. The van der Waals surface area contributed by atoms with Crippen molar-refractivity contribution < 1.29 is 27.6 Å². The van der Waals surface area contributed by atoms with Crippen LogP contribution in [0.3, 0.4) is 0 Å². The fourth-order valence-electron chi connectivity index (χ4n) is 4.44. The lowest BCUT2D eigenvalue weighted by Gasteiger charge is -2.38. The molecule has 1 heterocycles. The number of thioether (sulfide) groups is 1. The fraction of sp³-hybridized carbons (Fsp3) is 0.677. The van der Waals surface area contributed by atoms with Crippen molar-refractivity contribution >= 4 is 35.8 Å². The molecule has 13 heteroatoms. The summed E-state index contributed by atoms with van der Waals surface area (Å²) >= 11 is 1.52. The van der Waals surface area contributed by atoms with Crippen molar-refractivity contribution in [1.82, 2.24) is 15.5 Å². The Morgan fingerprint density at radius 1 is 1.00 bits per heavy atom. The number of aromatic nitrogens is 2. The molecule has 0 aliphatic heterocycles. The molecule has 2 aromatic rings. The number of nitrogens with one attached hydrogen (secondary N) is 1. The van der Waals surface area contributed by atoms with Crippen LogP contribution in [0.25, 0.3) is 0 Å². The van der Waals surface area contributed by atoms with Gasteiger partial charge in [0.15, 0.2) is 29.3 Å². The number of carbonyl (C=O) groups is 1. The van der Waals surface area contributed by atoms with Crippen LogP contribution < -0.4 is 18.9 Å². The summed E-state index contributed by atoms with van der Waals surface area (Å²) < 4.78 is 30.6. The van der Waals surface area contributed by atoms with Gasteiger partial charge in [-0.1, -0.05) is 60.5 Å². The third-order valence-electron chi connectivity index (χ3n) is 9.57. The van der Waals surface area contributed by atoms with Crippen LogP contribution in [0.4, 0.5) is 0 Å². The van der Waals surface area contributed by atoms with Gasteiger partial charge in [-0.15, -0.1) is 0 Å². The monoisotopic (exact) mass is 664 g/mol. The van der Waals surface area contributed by atoms with E-state index in [4.69, 9.17) is 22.8 Å². The fourth-order valence-corrected chi connectivity index (χ4v) is 9.15. The first-order valence-electron chi connectivity index (χ1n) is 15.1. The van der Waals surface area contributed by atoms with Crippen LogP contribution in [-0.4, -0.2) is 54.2 Å². The number of nitrogens with zero attached hydrogens (tertiary/aromatic N) is 3. The van der Waals surface area contributed by atoms with Gasteiger partial charge in [0.25, 0.3) is 5.89 Å². The molecule has 0 saturated carbocycles. The number of hydrogen-bond acceptors (Lipinski definition) is 11. The number of esters is 1. The Labute approximate surface area is 271 Å². The molecule has 0 spiro atoms. The highest BCUT2D eigenvalue weighted by atomic mass is 32.2. The van der Waals surface area contributed by atoms with Gasteiger partial charge in [-0.25, -0.2) is 4.79 Å². The molecule has 1 aromatic carbocycles. The maximum Gasteiger partial charge on any atom is 0.338 e. The Bertz CT molecular complexity index is 1330. The van der Waals surface area contributed by atoms with E-state index in [2.05, 4.69) is 83.9 Å². The van der Waals surface area contributed by atoms with E-state index < -0.39 is 30.1 Å². The molecule has 246 valence electrons. The highest BCUT2D eigenvalue weighted by molar-refractivity contribution is 7.98. The quantitative estimate of drug-likeness (QED) is 0.0874. The van der Waals surface area contributed by atoms with Gasteiger partial charge in [-0.3, -0.25) is 0 Å². The van der Waals surface area contributed by atoms with Crippen LogP contribution >= 0.6 is 11.8 Å². The summed E-state index contributed by atoms with van der Waals surface area (Å²) in [4.78, 5) is 17.7. The highest BCUT2D eigenvalue weighted by Crippen LogP contribution is 2.51. The number of nitriles is 1. The molecule has 1 N–H and O–H groups in total. The first kappa shape index (κ1) is 37.5. The molecule has 3 atom stereocenters. The Morgan fingerprint density at radius 2 is 1.55 bits per heavy atom. The van der Waals surface area contributed by atoms with Crippen molar-refractivity contribution in [2.24, 2.45) is 11.8 Å². The lowest BCUT2D eigenvalue weighted by molar-refractivity contribution is 0.0598. The largest absolute Gasteiger partial charge is 0.543 e. The number of aryl methyl sites for hydroxylation is 1. The molecule has 0 amide bonds. The predicted octanol–water partition coefficient (Wildman–Crippen LogP) is 6.86. The summed E-state index contributed by atoms with van der Waals surface area (Å²) in [7, 11) is -0.873. The molecule has 44 heavy (non-hydrogen) atoms. The van der Waals surface area contributed by atoms with Crippen LogP contribution in [0.5, 0.6) is 17.2 Å². The first-order chi connectivity index (χ1) is 20.4. The van der Waals surface area contributed by atoms with Crippen LogP contribution in [0.15, 0.2) is 4.52 Å². The van der Waals surface area contributed by atoms with Gasteiger partial charge >= 0.3 is 5.97 Å². The summed E-state index contributed by atoms with van der Waals surface area (Å²) in [5.41, 5.74) is 1.73. The van der Waals surface area contributed by atoms with E-state index in [1.165, 1.54) is 18.9 Å². The average Bonchev–Trinajstić information content (AvgIpc) is 3.39. The van der Waals surface area contributed by atoms with Gasteiger partial charge in [-0.2, -0.15) is 22.0 Å². The maximum absolute atomic E-state index is 13.4. The average molecular weight is 665 g/mol. The molecular weight excluding hydrogens is 613 g/mol. The van der Waals surface area contributed by atoms with E-state index in [9.17, 15) is 10.1 Å². The molecule has 10 nitrogen and oxygen atoms in total. The van der Waals surface area contributed by atoms with Crippen molar-refractivity contribution in [3.63, 3.8) is 0 Å². The third-order valence-corrected chi connectivity index (χ3v) is 17.3. The highest BCUT2D eigenvalue weighted by Gasteiger charge is 2.39. The van der Waals surface area contributed by atoms with E-state index in [-0.39, 0.29) is 10.1 Å². The number of rotatable bonds is 16. The van der Waals surface area contributed by atoms with Crippen LogP contribution in [-0.2, 0) is 10.5 Å². The molecule has 0 saturated heterocycles. The Balaban J connectivity index is 2.79. The molecule has 2 rings (SSSR count). The van der Waals surface area contributed by atoms with Crippen LogP contribution in [0.2, 0.25) is 23.2 Å². The molecule has 3 unspecified atom stereocenters. The molecule has 0 radical (unpaired) electrons. The molecule has 0 fully saturated rings. The van der Waals surface area contributed by atoms with Gasteiger partial charge in [0, 0.05) is 22.6 Å². The van der Waals surface area contributed by atoms with E-state index >= 15 is 0 Å². The molecule has 1 aromatic heterocycles. The summed E-state index contributed by atoms with van der Waals surface area (Å²) in [6.45, 7) is 25.8. The molecular formula is C31H52N4O6SSi2. The molecule has 0 aliphatic carbocycles. The van der Waals surface area contributed by atoms with Gasteiger partial charge in [0.2, 0.25) is 18.1 Å². The first-order valence-corrected chi connectivity index (χ1v) is 20.7. The number of carbonyl (C=O) groups excluding carboxylic acids is 1. The minimum atomic E-state index is -1.95. The minimum absolute atomic E-state index is 0.0369. The van der Waals surface area contributed by atoms with E-state index in [1.807, 2.05) is 13.1 Å². The van der Waals surface area contributed by atoms with Crippen LogP contribution in [0.1, 0.15) is 94.6 Å². The van der Waals surface area contributed by atoms with Crippen molar-refractivity contribution in [2.75, 3.05) is 20.0 Å². The predicted molar refractivity (Wildman–Crippen MR) is 181 cm³/mol. The standard InChI is InChI=1S/C31H52N4O6SSi2/c1-18(2)30(7,8)43(13)40-26-22(15-42-16-23(33-17-32)28-34-21(6)35-39-28)24(29(36)38-12)20(5)25(37-11)27(26)41-44(14)31(9,10)19(3)4/h18-19,23,33,43-44H,15-16H2,1-14H3. The number of benzene rings is 1. The number of hydrogen-bond donors (Lipinski definition) is 1. The molecule has 0 bridgehead atoms. The zero-order valence-corrected chi connectivity index (χ0v) is 32.1. The minimum Gasteiger partial charge on any atom is -0.543 e. The van der Waals surface area contributed by atoms with Gasteiger partial charge in [-0.05, 0) is 48.9 Å². The summed E-state index contributed by atoms with van der Waals surface area (Å²) in [6.07, 6.45) is 1.99.